The van der Waals surface area contributed by atoms with Gasteiger partial charge in [0.2, 0.25) is 11.3 Å². The van der Waals surface area contributed by atoms with Gasteiger partial charge in [0.1, 0.15) is 11.6 Å². The maximum atomic E-state index is 10.9. The van der Waals surface area contributed by atoms with E-state index in [-0.39, 0.29) is 0 Å². The molecule has 0 saturated carbocycles. The first kappa shape index (κ1) is 12.7. The van der Waals surface area contributed by atoms with E-state index in [1.165, 1.54) is 6.07 Å². The van der Waals surface area contributed by atoms with Crippen LogP contribution in [0.25, 0.3) is 0 Å². The largest absolute Gasteiger partial charge is 0.455 e. The van der Waals surface area contributed by atoms with E-state index in [9.17, 15) is 16.8 Å². The maximum absolute atomic E-state index is 10.9. The van der Waals surface area contributed by atoms with Gasteiger partial charge < -0.3 is 10.5 Å². The van der Waals surface area contributed by atoms with Gasteiger partial charge in [-0.2, -0.15) is 22.1 Å². The van der Waals surface area contributed by atoms with Gasteiger partial charge >= 0.3 is 10.1 Å². The molecule has 0 spiro atoms. The van der Waals surface area contributed by atoms with Crippen LogP contribution in [0.3, 0.4) is 0 Å². The minimum atomic E-state index is -4.95. The minimum absolute atomic E-state index is 0.771. The summed E-state index contributed by atoms with van der Waals surface area (Å²) in [5.41, 5.74) is 1.94. The summed E-state index contributed by atoms with van der Waals surface area (Å²) in [5.74, 6) is -0.771. The van der Waals surface area contributed by atoms with E-state index >= 15 is 0 Å². The lowest BCUT2D eigenvalue weighted by atomic mass is 10.2. The SMILES string of the molecule is N#CC1=C(N)OC(S(=O)(=O)O)C1S(=O)(=O)O. The molecule has 4 N–H and O–H groups in total. The number of hydrogen-bond acceptors (Lipinski definition) is 7. The Morgan fingerprint density at radius 2 is 1.75 bits per heavy atom. The molecule has 9 nitrogen and oxygen atoms in total. The molecule has 1 aliphatic heterocycles. The maximum Gasteiger partial charge on any atom is 0.305 e. The lowest BCUT2D eigenvalue weighted by molar-refractivity contribution is 0.191. The van der Waals surface area contributed by atoms with E-state index in [0.717, 1.165) is 0 Å². The van der Waals surface area contributed by atoms with E-state index in [1.54, 1.807) is 0 Å². The topological polar surface area (TPSA) is 168 Å². The summed E-state index contributed by atoms with van der Waals surface area (Å²) in [7, 11) is -9.90. The van der Waals surface area contributed by atoms with Crippen LogP contribution >= 0.6 is 0 Å². The number of hydrogen-bond donors (Lipinski definition) is 3. The van der Waals surface area contributed by atoms with Crippen LogP contribution in [-0.4, -0.2) is 36.6 Å². The van der Waals surface area contributed by atoms with Gasteiger partial charge in [-0.05, 0) is 0 Å². The molecular weight excluding hydrogens is 264 g/mol. The first-order chi connectivity index (χ1) is 7.09. The molecule has 1 heterocycles. The van der Waals surface area contributed by atoms with Gasteiger partial charge in [-0.1, -0.05) is 0 Å². The number of ether oxygens (including phenoxy) is 1. The van der Waals surface area contributed by atoms with E-state index in [0.29, 0.717) is 0 Å². The zero-order valence-electron chi connectivity index (χ0n) is 7.43. The highest BCUT2D eigenvalue weighted by atomic mass is 32.2. The standard InChI is InChI=1S/C5H6N2O7S2/c6-1-2-3(15(8,9)10)5(14-4(2)7)16(11,12)13/h3,5H,7H2,(H,8,9,10)(H,11,12,13). The fraction of sp³-hybridized carbons (Fsp3) is 0.400. The molecule has 16 heavy (non-hydrogen) atoms. The normalized spacial score (nSPS) is 26.3. The molecule has 0 saturated heterocycles. The Bertz CT molecular complexity index is 581. The number of nitriles is 1. The smallest absolute Gasteiger partial charge is 0.305 e. The van der Waals surface area contributed by atoms with Gasteiger partial charge in [0.25, 0.3) is 10.1 Å². The van der Waals surface area contributed by atoms with Crippen molar-refractivity contribution in [2.45, 2.75) is 10.7 Å². The van der Waals surface area contributed by atoms with Crippen LogP contribution in [0, 0.1) is 11.3 Å². The van der Waals surface area contributed by atoms with Gasteiger partial charge in [0.15, 0.2) is 5.25 Å². The van der Waals surface area contributed by atoms with E-state index in [1.807, 2.05) is 0 Å². The van der Waals surface area contributed by atoms with Crippen molar-refractivity contribution in [1.82, 2.24) is 0 Å². The highest BCUT2D eigenvalue weighted by Crippen LogP contribution is 2.30. The molecule has 11 heteroatoms. The predicted octanol–water partition coefficient (Wildman–Crippen LogP) is -1.82. The molecule has 0 aromatic rings. The lowest BCUT2D eigenvalue weighted by Crippen LogP contribution is -2.38. The van der Waals surface area contributed by atoms with Crippen LogP contribution in [-0.2, 0) is 25.0 Å². The molecule has 90 valence electrons. The van der Waals surface area contributed by atoms with E-state index in [4.69, 9.17) is 20.1 Å². The molecule has 0 radical (unpaired) electrons. The summed E-state index contributed by atoms with van der Waals surface area (Å²) >= 11 is 0. The van der Waals surface area contributed by atoms with Crippen LogP contribution in [0.4, 0.5) is 0 Å². The Morgan fingerprint density at radius 3 is 2.06 bits per heavy atom. The summed E-state index contributed by atoms with van der Waals surface area (Å²) < 4.78 is 65.0. The second-order valence-corrected chi connectivity index (χ2v) is 5.86. The third-order valence-corrected chi connectivity index (χ3v) is 4.03. The highest BCUT2D eigenvalue weighted by Gasteiger charge is 2.51. The molecule has 2 atom stereocenters. The van der Waals surface area contributed by atoms with Gasteiger partial charge in [-0.25, -0.2) is 0 Å². The molecule has 1 rings (SSSR count). The molecule has 0 bridgehead atoms. The molecule has 2 unspecified atom stereocenters. The van der Waals surface area contributed by atoms with Crippen molar-refractivity contribution in [3.8, 4) is 6.07 Å². The first-order valence-corrected chi connectivity index (χ1v) is 6.58. The number of nitrogens with zero attached hydrogens (tertiary/aromatic N) is 1. The third kappa shape index (κ3) is 2.09. The Morgan fingerprint density at radius 1 is 1.25 bits per heavy atom. The zero-order chi connectivity index (χ0) is 12.7. The average molecular weight is 270 g/mol. The van der Waals surface area contributed by atoms with Crippen molar-refractivity contribution in [3.63, 3.8) is 0 Å². The Balaban J connectivity index is 3.41. The minimum Gasteiger partial charge on any atom is -0.455 e. The van der Waals surface area contributed by atoms with Crippen molar-refractivity contribution in [2.24, 2.45) is 5.73 Å². The highest BCUT2D eigenvalue weighted by molar-refractivity contribution is 7.90. The summed E-state index contributed by atoms with van der Waals surface area (Å²) in [4.78, 5) is 0. The van der Waals surface area contributed by atoms with Crippen molar-refractivity contribution in [1.29, 1.82) is 5.26 Å². The van der Waals surface area contributed by atoms with Crippen molar-refractivity contribution in [3.05, 3.63) is 11.5 Å². The Labute approximate surface area is 90.6 Å². The molecule has 0 aromatic heterocycles. The molecule has 1 aliphatic rings. The number of nitrogens with two attached hydrogens (primary N) is 1. The fourth-order valence-corrected chi connectivity index (χ4v) is 3.47. The molecule has 0 aromatic carbocycles. The first-order valence-electron chi connectivity index (χ1n) is 3.58. The van der Waals surface area contributed by atoms with Crippen molar-refractivity contribution >= 4 is 20.2 Å². The summed E-state index contributed by atoms with van der Waals surface area (Å²) in [5, 5.41) is 6.29. The average Bonchev–Trinajstić information content (AvgIpc) is 2.40. The number of rotatable bonds is 2. The van der Waals surface area contributed by atoms with Crippen LogP contribution in [0.15, 0.2) is 11.5 Å². The summed E-state index contributed by atoms with van der Waals surface area (Å²) in [6.07, 6.45) is 0. The summed E-state index contributed by atoms with van der Waals surface area (Å²) in [6.45, 7) is 0. The van der Waals surface area contributed by atoms with Crippen LogP contribution < -0.4 is 5.73 Å². The summed E-state index contributed by atoms with van der Waals surface area (Å²) in [6, 6.07) is 1.29. The van der Waals surface area contributed by atoms with Gasteiger partial charge in [-0.15, -0.1) is 0 Å². The van der Waals surface area contributed by atoms with E-state index < -0.39 is 42.4 Å². The fourth-order valence-electron chi connectivity index (χ4n) is 1.15. The van der Waals surface area contributed by atoms with Gasteiger partial charge in [-0.3, -0.25) is 9.11 Å². The van der Waals surface area contributed by atoms with Crippen LogP contribution in [0.5, 0.6) is 0 Å². The van der Waals surface area contributed by atoms with Crippen LogP contribution in [0.2, 0.25) is 0 Å². The van der Waals surface area contributed by atoms with Crippen molar-refractivity contribution < 1.29 is 30.7 Å². The molecule has 0 aliphatic carbocycles. The van der Waals surface area contributed by atoms with Gasteiger partial charge in [0, 0.05) is 0 Å². The molecule has 0 amide bonds. The molecule has 0 fully saturated rings. The second kappa shape index (κ2) is 3.59. The monoisotopic (exact) mass is 270 g/mol. The lowest BCUT2D eigenvalue weighted by Gasteiger charge is -2.13. The van der Waals surface area contributed by atoms with Crippen molar-refractivity contribution in [2.75, 3.05) is 0 Å². The molecular formula is C5H6N2O7S2. The van der Waals surface area contributed by atoms with Gasteiger partial charge in [0.05, 0.1) is 0 Å². The third-order valence-electron chi connectivity index (χ3n) is 1.78. The Kier molecular flexibility index (Phi) is 2.86. The zero-order valence-corrected chi connectivity index (χ0v) is 9.06. The predicted molar refractivity (Wildman–Crippen MR) is 48.6 cm³/mol. The Hall–Kier alpha value is -1.35. The quantitative estimate of drug-likeness (QED) is 0.489. The van der Waals surface area contributed by atoms with E-state index in [2.05, 4.69) is 4.74 Å². The second-order valence-electron chi connectivity index (χ2n) is 2.83. The van der Waals surface area contributed by atoms with Crippen LogP contribution in [0.1, 0.15) is 0 Å².